The Labute approximate surface area is 141 Å². The number of imide groups is 1. The van der Waals surface area contributed by atoms with Gasteiger partial charge >= 0.3 is 5.97 Å². The third-order valence-electron chi connectivity index (χ3n) is 3.84. The van der Waals surface area contributed by atoms with Crippen LogP contribution in [-0.2, 0) is 4.74 Å². The number of carbonyl (C=O) groups excluding carboxylic acids is 3. The van der Waals surface area contributed by atoms with Crippen LogP contribution in [0.15, 0.2) is 42.5 Å². The van der Waals surface area contributed by atoms with Crippen LogP contribution in [0.5, 0.6) is 0 Å². The van der Waals surface area contributed by atoms with Gasteiger partial charge in [-0.05, 0) is 25.1 Å². The molecule has 0 unspecified atom stereocenters. The third kappa shape index (κ3) is 2.85. The van der Waals surface area contributed by atoms with E-state index in [1.807, 2.05) is 0 Å². The third-order valence-corrected chi connectivity index (χ3v) is 3.84. The summed E-state index contributed by atoms with van der Waals surface area (Å²) in [6.07, 6.45) is 0. The number of nitrogens with zero attached hydrogens (tertiary/aromatic N) is 2. The molecule has 25 heavy (non-hydrogen) atoms. The topological polar surface area (TPSA) is 107 Å². The molecule has 1 heterocycles. The summed E-state index contributed by atoms with van der Waals surface area (Å²) >= 11 is 0. The van der Waals surface area contributed by atoms with Crippen LogP contribution in [0, 0.1) is 17.0 Å². The fraction of sp³-hybridized carbons (Fsp3) is 0.118. The first-order valence-electron chi connectivity index (χ1n) is 7.27. The Kier molecular flexibility index (Phi) is 4.02. The van der Waals surface area contributed by atoms with Gasteiger partial charge in [-0.2, -0.15) is 0 Å². The summed E-state index contributed by atoms with van der Waals surface area (Å²) in [5.41, 5.74) is 0.648. The Bertz CT molecular complexity index is 886. The maximum Gasteiger partial charge on any atom is 0.340 e. The van der Waals surface area contributed by atoms with Crippen molar-refractivity contribution in [3.63, 3.8) is 0 Å². The van der Waals surface area contributed by atoms with E-state index in [0.717, 1.165) is 11.0 Å². The molecule has 0 bridgehead atoms. The van der Waals surface area contributed by atoms with E-state index in [0.29, 0.717) is 5.56 Å². The highest BCUT2D eigenvalue weighted by atomic mass is 16.6. The van der Waals surface area contributed by atoms with Crippen LogP contribution in [0.25, 0.3) is 0 Å². The number of aryl methyl sites for hydroxylation is 1. The van der Waals surface area contributed by atoms with E-state index in [9.17, 15) is 24.5 Å². The van der Waals surface area contributed by atoms with Gasteiger partial charge < -0.3 is 4.74 Å². The minimum absolute atomic E-state index is 0.0334. The van der Waals surface area contributed by atoms with Gasteiger partial charge in [0.15, 0.2) is 6.73 Å². The molecule has 126 valence electrons. The predicted molar refractivity (Wildman–Crippen MR) is 85.1 cm³/mol. The summed E-state index contributed by atoms with van der Waals surface area (Å²) in [6, 6.07) is 10.2. The first-order chi connectivity index (χ1) is 11.9. The molecule has 0 spiro atoms. The molecular weight excluding hydrogens is 328 g/mol. The van der Waals surface area contributed by atoms with Gasteiger partial charge in [0, 0.05) is 11.6 Å². The van der Waals surface area contributed by atoms with Crippen molar-refractivity contribution in [2.24, 2.45) is 0 Å². The number of nitro benzene ring substituents is 1. The van der Waals surface area contributed by atoms with Crippen molar-refractivity contribution >= 4 is 23.5 Å². The van der Waals surface area contributed by atoms with Gasteiger partial charge in [0.1, 0.15) is 0 Å². The zero-order valence-corrected chi connectivity index (χ0v) is 13.1. The number of carbonyl (C=O) groups is 3. The first-order valence-corrected chi connectivity index (χ1v) is 7.27. The summed E-state index contributed by atoms with van der Waals surface area (Å²) in [7, 11) is 0. The van der Waals surface area contributed by atoms with E-state index < -0.39 is 29.4 Å². The molecule has 1 aliphatic heterocycles. The average molecular weight is 340 g/mol. The number of fused-ring (bicyclic) bond motifs is 1. The molecule has 1 aliphatic rings. The zero-order valence-electron chi connectivity index (χ0n) is 13.1. The van der Waals surface area contributed by atoms with Crippen molar-refractivity contribution in [1.82, 2.24) is 4.90 Å². The van der Waals surface area contributed by atoms with Crippen molar-refractivity contribution in [2.45, 2.75) is 6.92 Å². The molecule has 0 fully saturated rings. The van der Waals surface area contributed by atoms with E-state index in [4.69, 9.17) is 4.74 Å². The number of rotatable bonds is 4. The van der Waals surface area contributed by atoms with Crippen LogP contribution >= 0.6 is 0 Å². The number of nitro groups is 1. The van der Waals surface area contributed by atoms with Crippen molar-refractivity contribution in [3.8, 4) is 0 Å². The molecule has 0 N–H and O–H groups in total. The van der Waals surface area contributed by atoms with Crippen molar-refractivity contribution in [2.75, 3.05) is 6.73 Å². The minimum Gasteiger partial charge on any atom is -0.440 e. The summed E-state index contributed by atoms with van der Waals surface area (Å²) in [4.78, 5) is 47.6. The van der Waals surface area contributed by atoms with Gasteiger partial charge in [-0.1, -0.05) is 18.2 Å². The van der Waals surface area contributed by atoms with Gasteiger partial charge in [0.2, 0.25) is 0 Å². The summed E-state index contributed by atoms with van der Waals surface area (Å²) in [5, 5.41) is 10.9. The second-order valence-corrected chi connectivity index (χ2v) is 5.40. The zero-order chi connectivity index (χ0) is 18.1. The van der Waals surface area contributed by atoms with Crippen LogP contribution in [0.3, 0.4) is 0 Å². The van der Waals surface area contributed by atoms with Gasteiger partial charge in [-0.25, -0.2) is 9.69 Å². The Morgan fingerprint density at radius 3 is 2.28 bits per heavy atom. The fourth-order valence-electron chi connectivity index (χ4n) is 2.50. The van der Waals surface area contributed by atoms with Gasteiger partial charge in [-0.3, -0.25) is 19.7 Å². The average Bonchev–Trinajstić information content (AvgIpc) is 2.84. The molecule has 0 aliphatic carbocycles. The molecule has 0 atom stereocenters. The fourth-order valence-corrected chi connectivity index (χ4v) is 2.50. The monoisotopic (exact) mass is 340 g/mol. The smallest absolute Gasteiger partial charge is 0.340 e. The predicted octanol–water partition coefficient (Wildman–Crippen LogP) is 2.31. The van der Waals surface area contributed by atoms with Crippen molar-refractivity contribution in [1.29, 1.82) is 0 Å². The van der Waals surface area contributed by atoms with Crippen LogP contribution in [0.4, 0.5) is 5.69 Å². The molecule has 8 heteroatoms. The Balaban J connectivity index is 1.74. The Hall–Kier alpha value is -3.55. The maximum absolute atomic E-state index is 12.2. The molecule has 2 aromatic carbocycles. The van der Waals surface area contributed by atoms with E-state index in [-0.39, 0.29) is 22.4 Å². The Morgan fingerprint density at radius 2 is 1.72 bits per heavy atom. The van der Waals surface area contributed by atoms with Crippen LogP contribution in [-0.4, -0.2) is 34.3 Å². The summed E-state index contributed by atoms with van der Waals surface area (Å²) < 4.78 is 4.98. The largest absolute Gasteiger partial charge is 0.440 e. The Morgan fingerprint density at radius 1 is 1.12 bits per heavy atom. The minimum atomic E-state index is -0.861. The number of hydrogen-bond donors (Lipinski definition) is 0. The number of hydrogen-bond acceptors (Lipinski definition) is 6. The number of ether oxygens (including phenoxy) is 1. The summed E-state index contributed by atoms with van der Waals surface area (Å²) in [5.74, 6) is -1.97. The van der Waals surface area contributed by atoms with Gasteiger partial charge in [0.05, 0.1) is 21.6 Å². The maximum atomic E-state index is 12.2. The lowest BCUT2D eigenvalue weighted by molar-refractivity contribution is -0.385. The lowest BCUT2D eigenvalue weighted by Crippen LogP contribution is -2.33. The second kappa shape index (κ2) is 6.16. The van der Waals surface area contributed by atoms with E-state index in [2.05, 4.69) is 0 Å². The first kappa shape index (κ1) is 16.3. The quantitative estimate of drug-likeness (QED) is 0.366. The van der Waals surface area contributed by atoms with E-state index in [1.165, 1.54) is 24.3 Å². The lowest BCUT2D eigenvalue weighted by atomic mass is 10.1. The lowest BCUT2D eigenvalue weighted by Gasteiger charge is -2.14. The van der Waals surface area contributed by atoms with Crippen molar-refractivity contribution < 1.29 is 24.0 Å². The van der Waals surface area contributed by atoms with E-state index in [1.54, 1.807) is 19.1 Å². The van der Waals surface area contributed by atoms with E-state index >= 15 is 0 Å². The highest BCUT2D eigenvalue weighted by Crippen LogP contribution is 2.23. The number of esters is 1. The standard InChI is InChI=1S/C17H12N2O6/c1-10-6-7-11(8-14(10)19(23)24)17(22)25-9-18-15(20)12-4-2-3-5-13(12)16(18)21/h2-8H,9H2,1H3. The molecule has 0 saturated heterocycles. The van der Waals surface area contributed by atoms with Crippen LogP contribution in [0.2, 0.25) is 0 Å². The molecule has 2 amide bonds. The highest BCUT2D eigenvalue weighted by Gasteiger charge is 2.35. The summed E-state index contributed by atoms with van der Waals surface area (Å²) in [6.45, 7) is 0.985. The van der Waals surface area contributed by atoms with Crippen LogP contribution in [0.1, 0.15) is 36.6 Å². The molecule has 0 radical (unpaired) electrons. The van der Waals surface area contributed by atoms with Gasteiger partial charge in [0.25, 0.3) is 17.5 Å². The number of benzene rings is 2. The molecule has 8 nitrogen and oxygen atoms in total. The van der Waals surface area contributed by atoms with Crippen molar-refractivity contribution in [3.05, 3.63) is 74.8 Å². The second-order valence-electron chi connectivity index (χ2n) is 5.40. The molecule has 3 rings (SSSR count). The SMILES string of the molecule is Cc1ccc(C(=O)OCN2C(=O)c3ccccc3C2=O)cc1[N+](=O)[O-]. The normalized spacial score (nSPS) is 12.9. The highest BCUT2D eigenvalue weighted by molar-refractivity contribution is 6.21. The van der Waals surface area contributed by atoms with Crippen LogP contribution < -0.4 is 0 Å². The molecular formula is C17H12N2O6. The molecule has 0 aromatic heterocycles. The number of amides is 2. The van der Waals surface area contributed by atoms with Gasteiger partial charge in [-0.15, -0.1) is 0 Å². The molecule has 2 aromatic rings. The molecule has 0 saturated carbocycles.